The highest BCUT2D eigenvalue weighted by atomic mass is 16.2. The Labute approximate surface area is 157 Å². The zero-order chi connectivity index (χ0) is 17.9. The molecule has 4 rings (SSSR count). The van der Waals surface area contributed by atoms with E-state index < -0.39 is 0 Å². The number of amides is 1. The van der Waals surface area contributed by atoms with Crippen LogP contribution in [0.3, 0.4) is 0 Å². The van der Waals surface area contributed by atoms with Gasteiger partial charge in [0.05, 0.1) is 6.04 Å². The number of hydrogen-bond acceptors (Lipinski definition) is 3. The summed E-state index contributed by atoms with van der Waals surface area (Å²) in [6.45, 7) is 5.36. The predicted octanol–water partition coefficient (Wildman–Crippen LogP) is 3.00. The predicted molar refractivity (Wildman–Crippen MR) is 105 cm³/mol. The number of piperidine rings is 1. The third-order valence-electron chi connectivity index (χ3n) is 6.77. The number of carbonyl (C=O) groups is 1. The molecule has 2 N–H and O–H groups in total. The molecule has 3 aliphatic rings. The summed E-state index contributed by atoms with van der Waals surface area (Å²) in [4.78, 5) is 15.2. The van der Waals surface area contributed by atoms with Gasteiger partial charge in [-0.1, -0.05) is 37.1 Å². The average Bonchev–Trinajstić information content (AvgIpc) is 3.10. The van der Waals surface area contributed by atoms with Crippen LogP contribution in [-0.2, 0) is 11.3 Å². The van der Waals surface area contributed by atoms with Gasteiger partial charge in [-0.05, 0) is 56.1 Å². The van der Waals surface area contributed by atoms with Gasteiger partial charge in [0, 0.05) is 31.7 Å². The highest BCUT2D eigenvalue weighted by molar-refractivity contribution is 5.82. The van der Waals surface area contributed by atoms with Gasteiger partial charge in [0.2, 0.25) is 5.91 Å². The standard InChI is InChI=1S/C22H33N3O/c1-16-6-2-3-8-18(16)15-25-12-10-19(11-13-25)23-22(26)21-14-17-7-4-5-9-20(17)24-21/h2-3,6,8,17,19-21,24H,4-5,7,9-15H2,1H3,(H,23,26). The largest absolute Gasteiger partial charge is 0.352 e. The Kier molecular flexibility index (Phi) is 5.60. The summed E-state index contributed by atoms with van der Waals surface area (Å²) < 4.78 is 0. The number of fused-ring (bicyclic) bond motifs is 1. The van der Waals surface area contributed by atoms with Gasteiger partial charge in [-0.3, -0.25) is 9.69 Å². The summed E-state index contributed by atoms with van der Waals surface area (Å²) in [7, 11) is 0. The average molecular weight is 356 g/mol. The fourth-order valence-corrected chi connectivity index (χ4v) is 5.09. The number of benzene rings is 1. The van der Waals surface area contributed by atoms with E-state index in [9.17, 15) is 4.79 Å². The van der Waals surface area contributed by atoms with Crippen molar-refractivity contribution in [1.29, 1.82) is 0 Å². The van der Waals surface area contributed by atoms with Crippen molar-refractivity contribution >= 4 is 5.91 Å². The van der Waals surface area contributed by atoms with Crippen molar-refractivity contribution in [2.45, 2.75) is 76.5 Å². The number of likely N-dealkylation sites (tertiary alicyclic amines) is 1. The molecule has 0 spiro atoms. The summed E-state index contributed by atoms with van der Waals surface area (Å²) >= 11 is 0. The molecule has 1 aromatic rings. The molecule has 2 saturated heterocycles. The van der Waals surface area contributed by atoms with Crippen LogP contribution in [0.2, 0.25) is 0 Å². The molecule has 1 amide bonds. The molecule has 0 radical (unpaired) electrons. The van der Waals surface area contributed by atoms with E-state index in [1.165, 1.54) is 36.8 Å². The maximum Gasteiger partial charge on any atom is 0.237 e. The van der Waals surface area contributed by atoms with Crippen LogP contribution >= 0.6 is 0 Å². The van der Waals surface area contributed by atoms with Crippen molar-refractivity contribution in [3.05, 3.63) is 35.4 Å². The van der Waals surface area contributed by atoms with Gasteiger partial charge in [-0.15, -0.1) is 0 Å². The highest BCUT2D eigenvalue weighted by Gasteiger charge is 2.38. The minimum absolute atomic E-state index is 0.0492. The van der Waals surface area contributed by atoms with Crippen molar-refractivity contribution < 1.29 is 4.79 Å². The van der Waals surface area contributed by atoms with E-state index in [-0.39, 0.29) is 11.9 Å². The second-order valence-corrected chi connectivity index (χ2v) is 8.59. The Morgan fingerprint density at radius 3 is 2.69 bits per heavy atom. The van der Waals surface area contributed by atoms with Crippen LogP contribution in [0.15, 0.2) is 24.3 Å². The van der Waals surface area contributed by atoms with Crippen LogP contribution in [0, 0.1) is 12.8 Å². The minimum atomic E-state index is 0.0492. The Morgan fingerprint density at radius 2 is 1.92 bits per heavy atom. The highest BCUT2D eigenvalue weighted by Crippen LogP contribution is 2.33. The Morgan fingerprint density at radius 1 is 1.15 bits per heavy atom. The molecule has 3 atom stereocenters. The van der Waals surface area contributed by atoms with Crippen LogP contribution in [0.4, 0.5) is 0 Å². The Bertz CT molecular complexity index is 610. The van der Waals surface area contributed by atoms with Gasteiger partial charge >= 0.3 is 0 Å². The fraction of sp³-hybridized carbons (Fsp3) is 0.682. The molecular formula is C22H33N3O. The van der Waals surface area contributed by atoms with Crippen molar-refractivity contribution in [3.8, 4) is 0 Å². The summed E-state index contributed by atoms with van der Waals surface area (Å²) in [6.07, 6.45) is 8.40. The van der Waals surface area contributed by atoms with E-state index in [2.05, 4.69) is 46.7 Å². The SMILES string of the molecule is Cc1ccccc1CN1CCC(NC(=O)C2CC3CCCCC3N2)CC1. The third-order valence-corrected chi connectivity index (χ3v) is 6.77. The maximum atomic E-state index is 12.7. The number of rotatable bonds is 4. The van der Waals surface area contributed by atoms with E-state index in [1.54, 1.807) is 0 Å². The topological polar surface area (TPSA) is 44.4 Å². The number of nitrogens with one attached hydrogen (secondary N) is 2. The fourth-order valence-electron chi connectivity index (χ4n) is 5.09. The molecule has 4 heteroatoms. The summed E-state index contributed by atoms with van der Waals surface area (Å²) in [5, 5.41) is 6.95. The molecule has 4 nitrogen and oxygen atoms in total. The number of hydrogen-bond donors (Lipinski definition) is 2. The van der Waals surface area contributed by atoms with Gasteiger partial charge in [-0.2, -0.15) is 0 Å². The number of nitrogens with zero attached hydrogens (tertiary/aromatic N) is 1. The van der Waals surface area contributed by atoms with Crippen LogP contribution in [-0.4, -0.2) is 42.0 Å². The molecule has 0 bridgehead atoms. The first-order chi connectivity index (χ1) is 12.7. The van der Waals surface area contributed by atoms with E-state index in [1.807, 2.05) is 0 Å². The first-order valence-corrected chi connectivity index (χ1v) is 10.5. The molecule has 0 aromatic heterocycles. The number of carbonyl (C=O) groups excluding carboxylic acids is 1. The molecule has 1 saturated carbocycles. The zero-order valence-corrected chi connectivity index (χ0v) is 16.0. The molecule has 3 unspecified atom stereocenters. The quantitative estimate of drug-likeness (QED) is 0.873. The van der Waals surface area contributed by atoms with Crippen molar-refractivity contribution in [2.75, 3.05) is 13.1 Å². The first-order valence-electron chi connectivity index (χ1n) is 10.5. The summed E-state index contributed by atoms with van der Waals surface area (Å²) in [5.41, 5.74) is 2.80. The van der Waals surface area contributed by atoms with E-state index in [4.69, 9.17) is 0 Å². The third kappa shape index (κ3) is 4.12. The smallest absolute Gasteiger partial charge is 0.237 e. The van der Waals surface area contributed by atoms with Crippen LogP contribution < -0.4 is 10.6 Å². The van der Waals surface area contributed by atoms with Gasteiger partial charge in [0.25, 0.3) is 0 Å². The Hall–Kier alpha value is -1.39. The molecule has 26 heavy (non-hydrogen) atoms. The van der Waals surface area contributed by atoms with Crippen LogP contribution in [0.1, 0.15) is 56.1 Å². The molecule has 2 heterocycles. The Balaban J connectivity index is 1.22. The molecule has 142 valence electrons. The zero-order valence-electron chi connectivity index (χ0n) is 16.0. The van der Waals surface area contributed by atoms with E-state index in [0.717, 1.165) is 44.8 Å². The van der Waals surface area contributed by atoms with Gasteiger partial charge in [0.15, 0.2) is 0 Å². The summed E-state index contributed by atoms with van der Waals surface area (Å²) in [5.74, 6) is 0.979. The summed E-state index contributed by atoms with van der Waals surface area (Å²) in [6, 6.07) is 9.64. The van der Waals surface area contributed by atoms with Crippen molar-refractivity contribution in [2.24, 2.45) is 5.92 Å². The second-order valence-electron chi connectivity index (χ2n) is 8.59. The molecular weight excluding hydrogens is 322 g/mol. The van der Waals surface area contributed by atoms with Crippen molar-refractivity contribution in [1.82, 2.24) is 15.5 Å². The van der Waals surface area contributed by atoms with E-state index >= 15 is 0 Å². The molecule has 1 aromatic carbocycles. The van der Waals surface area contributed by atoms with Gasteiger partial charge in [0.1, 0.15) is 0 Å². The van der Waals surface area contributed by atoms with E-state index in [0.29, 0.717) is 12.1 Å². The lowest BCUT2D eigenvalue weighted by molar-refractivity contribution is -0.123. The molecule has 1 aliphatic carbocycles. The van der Waals surface area contributed by atoms with Crippen LogP contribution in [0.25, 0.3) is 0 Å². The van der Waals surface area contributed by atoms with Crippen molar-refractivity contribution in [3.63, 3.8) is 0 Å². The van der Waals surface area contributed by atoms with Crippen LogP contribution in [0.5, 0.6) is 0 Å². The molecule has 3 fully saturated rings. The monoisotopic (exact) mass is 355 g/mol. The normalized spacial score (nSPS) is 30.1. The minimum Gasteiger partial charge on any atom is -0.352 e. The second kappa shape index (κ2) is 8.10. The first kappa shape index (κ1) is 18.0. The maximum absolute atomic E-state index is 12.7. The lowest BCUT2D eigenvalue weighted by atomic mass is 9.85. The number of aryl methyl sites for hydroxylation is 1. The molecule has 2 aliphatic heterocycles. The van der Waals surface area contributed by atoms with Gasteiger partial charge < -0.3 is 10.6 Å². The lowest BCUT2D eigenvalue weighted by Gasteiger charge is -2.33. The van der Waals surface area contributed by atoms with Gasteiger partial charge in [-0.25, -0.2) is 0 Å². The lowest BCUT2D eigenvalue weighted by Crippen LogP contribution is -2.50.